The van der Waals surface area contributed by atoms with E-state index in [4.69, 9.17) is 15.0 Å². The monoisotopic (exact) mass is 314 g/mol. The Kier molecular flexibility index (Phi) is 4.43. The minimum absolute atomic E-state index is 0.0823. The number of aliphatic imine (C=N–C) groups is 1. The third kappa shape index (κ3) is 3.20. The summed E-state index contributed by atoms with van der Waals surface area (Å²) in [4.78, 5) is 4.30. The molecule has 22 heavy (non-hydrogen) atoms. The maximum Gasteiger partial charge on any atom is 0.497 e. The van der Waals surface area contributed by atoms with Gasteiger partial charge in [-0.1, -0.05) is 6.92 Å². The van der Waals surface area contributed by atoms with Gasteiger partial charge < -0.3 is 15.0 Å². The van der Waals surface area contributed by atoms with Crippen LogP contribution in [0, 0.1) is 5.92 Å². The van der Waals surface area contributed by atoms with Crippen molar-refractivity contribution in [1.82, 2.24) is 0 Å². The number of halogens is 2. The number of hydrogen-bond donors (Lipinski definition) is 1. The van der Waals surface area contributed by atoms with E-state index in [2.05, 4.69) is 4.99 Å². The molecule has 2 atom stereocenters. The molecule has 2 aliphatic rings. The predicted molar refractivity (Wildman–Crippen MR) is 84.0 cm³/mol. The second-order valence-electron chi connectivity index (χ2n) is 7.08. The average molecular weight is 314 g/mol. The molecular formula is C15H25BF2N2O2. The molecule has 1 saturated carbocycles. The molecule has 2 fully saturated rings. The van der Waals surface area contributed by atoms with E-state index in [9.17, 15) is 8.78 Å². The normalized spacial score (nSPS) is 30.8. The lowest BCUT2D eigenvalue weighted by atomic mass is 9.79. The number of nitrogens with zero attached hydrogens (tertiary/aromatic N) is 1. The van der Waals surface area contributed by atoms with E-state index in [1.165, 1.54) is 12.4 Å². The van der Waals surface area contributed by atoms with E-state index < -0.39 is 36.2 Å². The van der Waals surface area contributed by atoms with E-state index in [1.807, 2.05) is 34.6 Å². The lowest BCUT2D eigenvalue weighted by molar-refractivity contribution is 0.00578. The maximum atomic E-state index is 13.2. The molecule has 0 aromatic carbocycles. The maximum absolute atomic E-state index is 13.2. The second kappa shape index (κ2) is 5.60. The number of alkyl halides is 2. The quantitative estimate of drug-likeness (QED) is 0.627. The summed E-state index contributed by atoms with van der Waals surface area (Å²) in [6, 6.07) is -0.396. The van der Waals surface area contributed by atoms with E-state index in [1.54, 1.807) is 0 Å². The molecule has 0 bridgehead atoms. The Morgan fingerprint density at radius 2 is 1.82 bits per heavy atom. The van der Waals surface area contributed by atoms with E-state index in [-0.39, 0.29) is 6.42 Å². The van der Waals surface area contributed by atoms with Crippen LogP contribution in [0.25, 0.3) is 0 Å². The molecule has 1 heterocycles. The van der Waals surface area contributed by atoms with Crippen LogP contribution in [0.3, 0.4) is 0 Å². The predicted octanol–water partition coefficient (Wildman–Crippen LogP) is 2.97. The van der Waals surface area contributed by atoms with Crippen molar-refractivity contribution in [3.8, 4) is 0 Å². The molecule has 2 rings (SSSR count). The third-order valence-corrected chi connectivity index (χ3v) is 4.89. The lowest BCUT2D eigenvalue weighted by Gasteiger charge is -2.32. The van der Waals surface area contributed by atoms with Gasteiger partial charge in [0.15, 0.2) is 0 Å². The highest BCUT2D eigenvalue weighted by Crippen LogP contribution is 2.52. The van der Waals surface area contributed by atoms with Crippen LogP contribution in [0.15, 0.2) is 16.7 Å². The zero-order chi connectivity index (χ0) is 16.8. The molecule has 2 N–H and O–H groups in total. The van der Waals surface area contributed by atoms with Crippen molar-refractivity contribution in [3.63, 3.8) is 0 Å². The summed E-state index contributed by atoms with van der Waals surface area (Å²) in [5.74, 6) is -3.24. The van der Waals surface area contributed by atoms with Crippen molar-refractivity contribution in [1.29, 1.82) is 0 Å². The van der Waals surface area contributed by atoms with Gasteiger partial charge in [0, 0.05) is 18.1 Å². The van der Waals surface area contributed by atoms with Crippen molar-refractivity contribution >= 4 is 13.3 Å². The van der Waals surface area contributed by atoms with E-state index in [0.29, 0.717) is 11.9 Å². The summed E-state index contributed by atoms with van der Waals surface area (Å²) in [5, 5.41) is 0. The Morgan fingerprint density at radius 3 is 2.18 bits per heavy atom. The van der Waals surface area contributed by atoms with Crippen LogP contribution in [0.2, 0.25) is 0 Å². The summed E-state index contributed by atoms with van der Waals surface area (Å²) >= 11 is 0. The highest BCUT2D eigenvalue weighted by Gasteiger charge is 2.60. The Labute approximate surface area is 131 Å². The molecule has 1 aliphatic heterocycles. The Balaban J connectivity index is 2.06. The zero-order valence-corrected chi connectivity index (χ0v) is 13.9. The first-order valence-electron chi connectivity index (χ1n) is 7.72. The Hall–Kier alpha value is -0.945. The highest BCUT2D eigenvalue weighted by molar-refractivity contribution is 6.60. The van der Waals surface area contributed by atoms with Gasteiger partial charge in [-0.15, -0.1) is 0 Å². The van der Waals surface area contributed by atoms with Gasteiger partial charge in [0.1, 0.15) is 0 Å². The topological polar surface area (TPSA) is 56.8 Å². The number of allylic oxidation sites excluding steroid dienone is 1. The number of rotatable bonds is 5. The molecule has 0 spiro atoms. The molecular weight excluding hydrogens is 289 g/mol. The van der Waals surface area contributed by atoms with Crippen molar-refractivity contribution in [2.45, 2.75) is 70.6 Å². The molecule has 7 heteroatoms. The largest absolute Gasteiger partial charge is 0.497 e. The lowest BCUT2D eigenvalue weighted by Crippen LogP contribution is -2.41. The number of hydrogen-bond acceptors (Lipinski definition) is 4. The first kappa shape index (κ1) is 17.4. The standard InChI is InChI=1S/C15H25BF2N2O2/c1-6-12(11-7-15(11,17)18)20-9-10(8-19)16-21-13(2,3)14(4,5)22-16/h8-9,11-12H,6-7,19H2,1-5H3. The Morgan fingerprint density at radius 1 is 1.32 bits per heavy atom. The molecule has 0 aromatic rings. The first-order valence-corrected chi connectivity index (χ1v) is 7.72. The van der Waals surface area contributed by atoms with Gasteiger partial charge in [0.05, 0.1) is 23.2 Å². The molecule has 1 saturated heterocycles. The summed E-state index contributed by atoms with van der Waals surface area (Å²) in [6.07, 6.45) is 3.37. The molecule has 0 radical (unpaired) electrons. The average Bonchev–Trinajstić information content (AvgIpc) is 2.94. The highest BCUT2D eigenvalue weighted by atomic mass is 19.3. The van der Waals surface area contributed by atoms with Gasteiger partial charge in [0.2, 0.25) is 0 Å². The molecule has 0 aromatic heterocycles. The van der Waals surface area contributed by atoms with Gasteiger partial charge in [0.25, 0.3) is 5.92 Å². The fourth-order valence-electron chi connectivity index (χ4n) is 2.49. The van der Waals surface area contributed by atoms with Crippen LogP contribution < -0.4 is 5.73 Å². The smallest absolute Gasteiger partial charge is 0.405 e. The van der Waals surface area contributed by atoms with Crippen molar-refractivity contribution in [2.75, 3.05) is 0 Å². The summed E-state index contributed by atoms with van der Waals surface area (Å²) in [7, 11) is -0.629. The molecule has 2 unspecified atom stereocenters. The molecule has 124 valence electrons. The van der Waals surface area contributed by atoms with Crippen LogP contribution in [-0.4, -0.2) is 36.5 Å². The van der Waals surface area contributed by atoms with E-state index in [0.717, 1.165) is 0 Å². The minimum atomic E-state index is -2.57. The van der Waals surface area contributed by atoms with Crippen molar-refractivity contribution in [2.24, 2.45) is 16.6 Å². The summed E-state index contributed by atoms with van der Waals surface area (Å²) in [6.45, 7) is 9.63. The summed E-state index contributed by atoms with van der Waals surface area (Å²) < 4.78 is 38.1. The minimum Gasteiger partial charge on any atom is -0.405 e. The van der Waals surface area contributed by atoms with Gasteiger partial charge in [-0.3, -0.25) is 4.99 Å². The second-order valence-corrected chi connectivity index (χ2v) is 7.08. The molecule has 0 amide bonds. The Bertz CT molecular complexity index is 476. The first-order chi connectivity index (χ1) is 10.0. The zero-order valence-electron chi connectivity index (χ0n) is 13.9. The van der Waals surface area contributed by atoms with E-state index >= 15 is 0 Å². The van der Waals surface area contributed by atoms with Gasteiger partial charge in [-0.05, 0) is 40.3 Å². The van der Waals surface area contributed by atoms with Gasteiger partial charge >= 0.3 is 7.12 Å². The molecule has 4 nitrogen and oxygen atoms in total. The number of nitrogens with two attached hydrogens (primary N) is 1. The SMILES string of the molecule is CCC(N=CC(=CN)B1OC(C)(C)C(C)(C)O1)C1CC1(F)F. The van der Waals surface area contributed by atoms with Gasteiger partial charge in [-0.25, -0.2) is 8.78 Å². The van der Waals surface area contributed by atoms with Crippen LogP contribution in [-0.2, 0) is 9.31 Å². The van der Waals surface area contributed by atoms with Crippen LogP contribution in [0.4, 0.5) is 8.78 Å². The van der Waals surface area contributed by atoms with Crippen LogP contribution in [0.1, 0.15) is 47.5 Å². The van der Waals surface area contributed by atoms with Gasteiger partial charge in [-0.2, -0.15) is 0 Å². The fourth-order valence-corrected chi connectivity index (χ4v) is 2.49. The van der Waals surface area contributed by atoms with Crippen molar-refractivity contribution < 1.29 is 18.1 Å². The fraction of sp³-hybridized carbons (Fsp3) is 0.800. The molecule has 1 aliphatic carbocycles. The van der Waals surface area contributed by atoms with Crippen LogP contribution >= 0.6 is 0 Å². The van der Waals surface area contributed by atoms with Crippen LogP contribution in [0.5, 0.6) is 0 Å². The van der Waals surface area contributed by atoms with Crippen molar-refractivity contribution in [3.05, 3.63) is 11.7 Å². The summed E-state index contributed by atoms with van der Waals surface area (Å²) in [5.41, 5.74) is 5.24. The third-order valence-electron chi connectivity index (χ3n) is 4.89.